The summed E-state index contributed by atoms with van der Waals surface area (Å²) in [6, 6.07) is 14.3. The first-order valence-electron chi connectivity index (χ1n) is 8.20. The predicted octanol–water partition coefficient (Wildman–Crippen LogP) is 4.43. The van der Waals surface area contributed by atoms with Crippen molar-refractivity contribution in [3.05, 3.63) is 77.9 Å². The summed E-state index contributed by atoms with van der Waals surface area (Å²) >= 11 is 0. The number of carbonyl (C=O) groups excluding carboxylic acids is 1. The number of phenolic OH excluding ortho intramolecular Hbond substituents is 1. The van der Waals surface area contributed by atoms with Crippen molar-refractivity contribution in [2.45, 2.75) is 19.4 Å². The van der Waals surface area contributed by atoms with E-state index >= 15 is 0 Å². The zero-order chi connectivity index (χ0) is 17.6. The van der Waals surface area contributed by atoms with Gasteiger partial charge in [-0.05, 0) is 61.0 Å². The third-order valence-electron chi connectivity index (χ3n) is 4.61. The largest absolute Gasteiger partial charge is 0.508 e. The molecule has 1 unspecified atom stereocenters. The van der Waals surface area contributed by atoms with Crippen LogP contribution in [0.3, 0.4) is 0 Å². The highest BCUT2D eigenvalue weighted by molar-refractivity contribution is 6.08. The number of hydrogen-bond donors (Lipinski definition) is 1. The number of fused-ring (bicyclic) bond motifs is 3. The number of nitrogens with zero attached hydrogens (tertiary/aromatic N) is 2. The van der Waals surface area contributed by atoms with Crippen LogP contribution in [-0.4, -0.2) is 15.6 Å². The second-order valence-corrected chi connectivity index (χ2v) is 6.08. The molecule has 5 heteroatoms. The normalized spacial score (nSPS) is 15.6. The maximum atomic E-state index is 13.9. The summed E-state index contributed by atoms with van der Waals surface area (Å²) in [5.74, 6) is -0.499. The Balaban J connectivity index is 1.90. The van der Waals surface area contributed by atoms with E-state index < -0.39 is 0 Å². The number of phenols is 1. The van der Waals surface area contributed by atoms with Gasteiger partial charge in [0.05, 0.1) is 17.4 Å². The Morgan fingerprint density at radius 1 is 1.12 bits per heavy atom. The monoisotopic (exact) mass is 336 g/mol. The number of hydrogen-bond acceptors (Lipinski definition) is 2. The molecule has 1 amide bonds. The number of aromatic nitrogens is 1. The van der Waals surface area contributed by atoms with Gasteiger partial charge in [-0.1, -0.05) is 6.92 Å². The second kappa shape index (κ2) is 5.77. The van der Waals surface area contributed by atoms with Crippen molar-refractivity contribution in [3.8, 4) is 11.4 Å². The van der Waals surface area contributed by atoms with E-state index in [2.05, 4.69) is 0 Å². The molecule has 0 saturated carbocycles. The molecule has 1 aliphatic heterocycles. The van der Waals surface area contributed by atoms with Crippen LogP contribution in [0.5, 0.6) is 5.75 Å². The van der Waals surface area contributed by atoms with Crippen molar-refractivity contribution in [1.29, 1.82) is 0 Å². The Morgan fingerprint density at radius 3 is 2.60 bits per heavy atom. The maximum Gasteiger partial charge on any atom is 0.258 e. The SMILES string of the molecule is CCC1c2cccn2-c2ccc(F)cc2N1C(=O)c1ccc(O)cc1. The average molecular weight is 336 g/mol. The van der Waals surface area contributed by atoms with E-state index in [4.69, 9.17) is 0 Å². The molecule has 0 aliphatic carbocycles. The summed E-state index contributed by atoms with van der Waals surface area (Å²) in [5, 5.41) is 9.47. The van der Waals surface area contributed by atoms with Gasteiger partial charge in [0.15, 0.2) is 0 Å². The van der Waals surface area contributed by atoms with E-state index in [9.17, 15) is 14.3 Å². The Labute approximate surface area is 144 Å². The lowest BCUT2D eigenvalue weighted by molar-refractivity contribution is 0.0973. The highest BCUT2D eigenvalue weighted by atomic mass is 19.1. The molecule has 4 rings (SSSR count). The highest BCUT2D eigenvalue weighted by Gasteiger charge is 2.34. The summed E-state index contributed by atoms with van der Waals surface area (Å²) in [5.41, 5.74) is 2.77. The van der Waals surface area contributed by atoms with Gasteiger partial charge in [0.2, 0.25) is 0 Å². The molecule has 4 nitrogen and oxygen atoms in total. The van der Waals surface area contributed by atoms with E-state index in [-0.39, 0.29) is 23.5 Å². The molecule has 2 heterocycles. The Kier molecular flexibility index (Phi) is 3.57. The van der Waals surface area contributed by atoms with Gasteiger partial charge in [-0.2, -0.15) is 0 Å². The Bertz CT molecular complexity index is 947. The van der Waals surface area contributed by atoms with E-state index in [1.54, 1.807) is 23.1 Å². The Hall–Kier alpha value is -3.08. The minimum atomic E-state index is -0.382. The van der Waals surface area contributed by atoms with Crippen LogP contribution < -0.4 is 4.90 Å². The zero-order valence-electron chi connectivity index (χ0n) is 13.7. The fourth-order valence-corrected chi connectivity index (χ4v) is 3.46. The number of benzene rings is 2. The molecule has 2 aromatic carbocycles. The topological polar surface area (TPSA) is 45.5 Å². The molecular weight excluding hydrogens is 319 g/mol. The van der Waals surface area contributed by atoms with Crippen LogP contribution in [0, 0.1) is 5.82 Å². The first-order chi connectivity index (χ1) is 12.1. The molecule has 25 heavy (non-hydrogen) atoms. The third kappa shape index (κ3) is 2.39. The molecule has 3 aromatic rings. The lowest BCUT2D eigenvalue weighted by atomic mass is 10.0. The van der Waals surface area contributed by atoms with Gasteiger partial charge >= 0.3 is 0 Å². The standard InChI is InChI=1S/C20H17FN2O2/c1-2-16-17-4-3-11-22(17)18-10-7-14(21)12-19(18)23(16)20(25)13-5-8-15(24)9-6-13/h3-12,16,24H,2H2,1H3. The highest BCUT2D eigenvalue weighted by Crippen LogP contribution is 2.41. The lowest BCUT2D eigenvalue weighted by Crippen LogP contribution is -2.39. The van der Waals surface area contributed by atoms with Gasteiger partial charge < -0.3 is 9.67 Å². The quantitative estimate of drug-likeness (QED) is 0.752. The van der Waals surface area contributed by atoms with Gasteiger partial charge in [0.1, 0.15) is 11.6 Å². The number of halogens is 1. The first kappa shape index (κ1) is 15.4. The minimum Gasteiger partial charge on any atom is -0.508 e. The molecule has 1 aliphatic rings. The summed E-state index contributed by atoms with van der Waals surface area (Å²) in [6.07, 6.45) is 2.63. The molecule has 0 fully saturated rings. The van der Waals surface area contributed by atoms with E-state index in [0.717, 1.165) is 11.4 Å². The van der Waals surface area contributed by atoms with Gasteiger partial charge in [0.25, 0.3) is 5.91 Å². The van der Waals surface area contributed by atoms with Crippen molar-refractivity contribution in [3.63, 3.8) is 0 Å². The lowest BCUT2D eigenvalue weighted by Gasteiger charge is -2.38. The van der Waals surface area contributed by atoms with Crippen molar-refractivity contribution < 1.29 is 14.3 Å². The van der Waals surface area contributed by atoms with Gasteiger partial charge in [0, 0.05) is 17.5 Å². The predicted molar refractivity (Wildman–Crippen MR) is 93.7 cm³/mol. The van der Waals surface area contributed by atoms with Gasteiger partial charge in [-0.15, -0.1) is 0 Å². The molecule has 0 bridgehead atoms. The molecule has 1 atom stereocenters. The van der Waals surface area contributed by atoms with Crippen LogP contribution in [0.25, 0.3) is 5.69 Å². The van der Waals surface area contributed by atoms with Crippen molar-refractivity contribution >= 4 is 11.6 Å². The first-order valence-corrected chi connectivity index (χ1v) is 8.20. The van der Waals surface area contributed by atoms with Crippen molar-refractivity contribution in [2.75, 3.05) is 4.90 Å². The number of carbonyl (C=O) groups is 1. The van der Waals surface area contributed by atoms with Crippen molar-refractivity contribution in [2.24, 2.45) is 0 Å². The molecule has 0 spiro atoms. The van der Waals surface area contributed by atoms with E-state index in [1.807, 2.05) is 29.8 Å². The fraction of sp³-hybridized carbons (Fsp3) is 0.150. The number of aromatic hydroxyl groups is 1. The fourth-order valence-electron chi connectivity index (χ4n) is 3.46. The molecule has 0 saturated heterocycles. The van der Waals surface area contributed by atoms with Crippen LogP contribution in [0.1, 0.15) is 35.4 Å². The van der Waals surface area contributed by atoms with E-state index in [1.165, 1.54) is 24.3 Å². The van der Waals surface area contributed by atoms with Gasteiger partial charge in [-0.25, -0.2) is 4.39 Å². The van der Waals surface area contributed by atoms with Crippen LogP contribution >= 0.6 is 0 Å². The van der Waals surface area contributed by atoms with Crippen LogP contribution in [-0.2, 0) is 0 Å². The zero-order valence-corrected chi connectivity index (χ0v) is 13.7. The number of amides is 1. The number of rotatable bonds is 2. The molecule has 126 valence electrons. The molecule has 0 radical (unpaired) electrons. The summed E-state index contributed by atoms with van der Waals surface area (Å²) in [6.45, 7) is 2.00. The maximum absolute atomic E-state index is 13.9. The van der Waals surface area contributed by atoms with Crippen LogP contribution in [0.2, 0.25) is 0 Å². The second-order valence-electron chi connectivity index (χ2n) is 6.08. The average Bonchev–Trinajstić information content (AvgIpc) is 3.10. The van der Waals surface area contributed by atoms with Crippen LogP contribution in [0.15, 0.2) is 60.8 Å². The molecule has 1 aromatic heterocycles. The molecular formula is C20H17FN2O2. The molecule has 1 N–H and O–H groups in total. The summed E-state index contributed by atoms with van der Waals surface area (Å²) < 4.78 is 15.9. The Morgan fingerprint density at radius 2 is 1.88 bits per heavy atom. The third-order valence-corrected chi connectivity index (χ3v) is 4.61. The van der Waals surface area contributed by atoms with Gasteiger partial charge in [-0.3, -0.25) is 9.69 Å². The number of anilines is 1. The summed E-state index contributed by atoms with van der Waals surface area (Å²) in [4.78, 5) is 14.9. The minimum absolute atomic E-state index is 0.0996. The summed E-state index contributed by atoms with van der Waals surface area (Å²) in [7, 11) is 0. The van der Waals surface area contributed by atoms with Crippen LogP contribution in [0.4, 0.5) is 10.1 Å². The van der Waals surface area contributed by atoms with Crippen molar-refractivity contribution in [1.82, 2.24) is 4.57 Å². The smallest absolute Gasteiger partial charge is 0.258 e. The van der Waals surface area contributed by atoms with E-state index in [0.29, 0.717) is 17.7 Å².